The van der Waals surface area contributed by atoms with Crippen molar-refractivity contribution in [3.63, 3.8) is 0 Å². The summed E-state index contributed by atoms with van der Waals surface area (Å²) < 4.78 is 2.33. The molecule has 0 spiro atoms. The zero-order valence-electron chi connectivity index (χ0n) is 5.29. The summed E-state index contributed by atoms with van der Waals surface area (Å²) in [5, 5.41) is 2.14. The lowest BCUT2D eigenvalue weighted by molar-refractivity contribution is 0.441. The molecule has 0 aromatic rings. The van der Waals surface area contributed by atoms with Crippen molar-refractivity contribution in [3.05, 3.63) is 11.5 Å². The molecule has 0 atom stereocenters. The van der Waals surface area contributed by atoms with Crippen molar-refractivity contribution in [1.29, 1.82) is 0 Å². The molecule has 0 radical (unpaired) electrons. The van der Waals surface area contributed by atoms with E-state index in [1.807, 2.05) is 0 Å². The monoisotopic (exact) mass is 129 g/mol. The lowest BCUT2D eigenvalue weighted by Gasteiger charge is -2.16. The molecular formula is C6H11NS. The molecule has 0 unspecified atom stereocenters. The topological polar surface area (TPSA) is 3.24 Å². The molecule has 0 saturated heterocycles. The Morgan fingerprint density at radius 3 is 2.62 bits per heavy atom. The van der Waals surface area contributed by atoms with Crippen molar-refractivity contribution in [2.45, 2.75) is 19.9 Å². The zero-order chi connectivity index (χ0) is 5.98. The fourth-order valence-electron chi connectivity index (χ4n) is 0.644. The van der Waals surface area contributed by atoms with Gasteiger partial charge in [-0.2, -0.15) is 0 Å². The first-order valence-corrected chi connectivity index (χ1v) is 3.73. The third kappa shape index (κ3) is 1.26. The molecule has 0 aromatic carbocycles. The van der Waals surface area contributed by atoms with Crippen LogP contribution in [0.15, 0.2) is 11.5 Å². The Balaban J connectivity index is 2.29. The van der Waals surface area contributed by atoms with Crippen molar-refractivity contribution in [3.8, 4) is 0 Å². The van der Waals surface area contributed by atoms with Crippen molar-refractivity contribution in [2.75, 3.05) is 6.54 Å². The van der Waals surface area contributed by atoms with Gasteiger partial charge in [0.1, 0.15) is 0 Å². The summed E-state index contributed by atoms with van der Waals surface area (Å²) in [5.41, 5.74) is 0. The van der Waals surface area contributed by atoms with Crippen molar-refractivity contribution in [2.24, 2.45) is 0 Å². The highest BCUT2D eigenvalue weighted by Crippen LogP contribution is 2.20. The Morgan fingerprint density at radius 1 is 1.62 bits per heavy atom. The second kappa shape index (κ2) is 2.55. The highest BCUT2D eigenvalue weighted by Gasteiger charge is 2.09. The highest BCUT2D eigenvalue weighted by atomic mass is 32.2. The largest absolute Gasteiger partial charge is 0.241 e. The molecule has 46 valence electrons. The van der Waals surface area contributed by atoms with Crippen LogP contribution in [-0.2, 0) is 0 Å². The van der Waals surface area contributed by atoms with Crippen molar-refractivity contribution in [1.82, 2.24) is 4.31 Å². The highest BCUT2D eigenvalue weighted by molar-refractivity contribution is 8.00. The molecule has 2 heteroatoms. The molecule has 0 saturated carbocycles. The summed E-state index contributed by atoms with van der Waals surface area (Å²) in [5.74, 6) is 0. The van der Waals surface area contributed by atoms with Crippen LogP contribution in [0.2, 0.25) is 0 Å². The molecular weight excluding hydrogens is 118 g/mol. The molecule has 1 nitrogen and oxygen atoms in total. The van der Waals surface area contributed by atoms with E-state index in [2.05, 4.69) is 29.6 Å². The van der Waals surface area contributed by atoms with Gasteiger partial charge in [0.15, 0.2) is 0 Å². The predicted octanol–water partition coefficient (Wildman–Crippen LogP) is 1.87. The second-order valence-electron chi connectivity index (χ2n) is 2.17. The van der Waals surface area contributed by atoms with Gasteiger partial charge in [0.05, 0.1) is 0 Å². The van der Waals surface area contributed by atoms with Crippen LogP contribution >= 0.6 is 11.9 Å². The van der Waals surface area contributed by atoms with E-state index in [-0.39, 0.29) is 0 Å². The third-order valence-corrected chi connectivity index (χ3v) is 2.31. The summed E-state index contributed by atoms with van der Waals surface area (Å²) in [6, 6.07) is 0.676. The first kappa shape index (κ1) is 6.17. The number of rotatable bonds is 1. The molecule has 1 rings (SSSR count). The van der Waals surface area contributed by atoms with Crippen LogP contribution in [-0.4, -0.2) is 16.9 Å². The maximum Gasteiger partial charge on any atom is 0.0284 e. The van der Waals surface area contributed by atoms with Gasteiger partial charge in [0.25, 0.3) is 0 Å². The van der Waals surface area contributed by atoms with E-state index >= 15 is 0 Å². The molecule has 0 amide bonds. The fraction of sp³-hybridized carbons (Fsp3) is 0.667. The predicted molar refractivity (Wildman–Crippen MR) is 38.6 cm³/mol. The lowest BCUT2D eigenvalue weighted by atomic mass is 10.4. The maximum atomic E-state index is 2.33. The molecule has 0 aromatic heterocycles. The van der Waals surface area contributed by atoms with Gasteiger partial charge in [0, 0.05) is 12.6 Å². The van der Waals surface area contributed by atoms with E-state index in [4.69, 9.17) is 0 Å². The molecule has 0 aliphatic carbocycles. The van der Waals surface area contributed by atoms with E-state index in [1.54, 1.807) is 11.9 Å². The van der Waals surface area contributed by atoms with Crippen molar-refractivity contribution >= 4 is 11.9 Å². The van der Waals surface area contributed by atoms with Gasteiger partial charge in [-0.15, -0.1) is 0 Å². The average Bonchev–Trinajstić information content (AvgIpc) is 2.12. The third-order valence-electron chi connectivity index (χ3n) is 1.15. The summed E-state index contributed by atoms with van der Waals surface area (Å²) in [4.78, 5) is 0. The normalized spacial score (nSPS) is 20.9. The van der Waals surface area contributed by atoms with Crippen LogP contribution in [0.25, 0.3) is 0 Å². The second-order valence-corrected chi connectivity index (χ2v) is 3.12. The van der Waals surface area contributed by atoms with Gasteiger partial charge in [-0.1, -0.05) is 18.0 Å². The van der Waals surface area contributed by atoms with Gasteiger partial charge in [-0.05, 0) is 19.3 Å². The molecule has 1 aliphatic rings. The average molecular weight is 129 g/mol. The van der Waals surface area contributed by atoms with E-state index in [9.17, 15) is 0 Å². The first-order chi connectivity index (χ1) is 3.80. The van der Waals surface area contributed by atoms with E-state index in [0.29, 0.717) is 6.04 Å². The van der Waals surface area contributed by atoms with Gasteiger partial charge >= 0.3 is 0 Å². The number of hydrogen-bond acceptors (Lipinski definition) is 2. The summed E-state index contributed by atoms with van der Waals surface area (Å²) >= 11 is 1.80. The Hall–Kier alpha value is 0.0500. The van der Waals surface area contributed by atoms with Crippen molar-refractivity contribution < 1.29 is 0 Å². The lowest BCUT2D eigenvalue weighted by Crippen LogP contribution is -2.20. The van der Waals surface area contributed by atoms with E-state index in [1.165, 1.54) is 0 Å². The van der Waals surface area contributed by atoms with Crippen LogP contribution < -0.4 is 0 Å². The minimum Gasteiger partial charge on any atom is -0.241 e. The van der Waals surface area contributed by atoms with Crippen LogP contribution in [0.5, 0.6) is 0 Å². The number of nitrogens with zero attached hydrogens (tertiary/aromatic N) is 1. The van der Waals surface area contributed by atoms with E-state index < -0.39 is 0 Å². The standard InChI is InChI=1S/C6H11NS/c1-6(2)7-4-3-5-8-7/h3,5-6H,4H2,1-2H3. The van der Waals surface area contributed by atoms with Crippen LogP contribution in [0.4, 0.5) is 0 Å². The Bertz CT molecular complexity index is 90.7. The van der Waals surface area contributed by atoms with Gasteiger partial charge in [0.2, 0.25) is 0 Å². The summed E-state index contributed by atoms with van der Waals surface area (Å²) in [6.07, 6.45) is 2.19. The van der Waals surface area contributed by atoms with Crippen LogP contribution in [0.3, 0.4) is 0 Å². The van der Waals surface area contributed by atoms with E-state index in [0.717, 1.165) is 6.54 Å². The smallest absolute Gasteiger partial charge is 0.0284 e. The SMILES string of the molecule is CC(C)N1CC=CS1. The minimum atomic E-state index is 0.676. The molecule has 8 heavy (non-hydrogen) atoms. The van der Waals surface area contributed by atoms with Crippen LogP contribution in [0.1, 0.15) is 13.8 Å². The van der Waals surface area contributed by atoms with Crippen LogP contribution in [0, 0.1) is 0 Å². The molecule has 1 heterocycles. The van der Waals surface area contributed by atoms with Gasteiger partial charge < -0.3 is 0 Å². The zero-order valence-corrected chi connectivity index (χ0v) is 6.11. The minimum absolute atomic E-state index is 0.676. The molecule has 0 N–H and O–H groups in total. The number of hydrogen-bond donors (Lipinski definition) is 0. The Kier molecular flexibility index (Phi) is 1.97. The summed E-state index contributed by atoms with van der Waals surface area (Å²) in [6.45, 7) is 5.53. The quantitative estimate of drug-likeness (QED) is 0.497. The first-order valence-electron chi connectivity index (χ1n) is 2.89. The maximum absolute atomic E-state index is 2.33. The Morgan fingerprint density at radius 2 is 2.38 bits per heavy atom. The fourth-order valence-corrected chi connectivity index (χ4v) is 1.39. The van der Waals surface area contributed by atoms with Gasteiger partial charge in [-0.25, -0.2) is 4.31 Å². The Labute approximate surface area is 54.9 Å². The molecule has 0 bridgehead atoms. The van der Waals surface area contributed by atoms with Gasteiger partial charge in [-0.3, -0.25) is 0 Å². The summed E-state index contributed by atoms with van der Waals surface area (Å²) in [7, 11) is 0. The molecule has 0 fully saturated rings. The molecule has 1 aliphatic heterocycles.